The number of imidazole rings is 1. The summed E-state index contributed by atoms with van der Waals surface area (Å²) in [4.78, 5) is 22.9. The zero-order valence-electron chi connectivity index (χ0n) is 20.6. The molecular formula is C27H36N4O4. The lowest BCUT2D eigenvalue weighted by Crippen LogP contribution is -2.44. The number of unbranched alkanes of at least 4 members (excludes halogenated alkanes) is 1. The Labute approximate surface area is 206 Å². The molecule has 188 valence electrons. The van der Waals surface area contributed by atoms with Crippen molar-refractivity contribution in [2.24, 2.45) is 18.9 Å². The van der Waals surface area contributed by atoms with Crippen LogP contribution in [0.4, 0.5) is 0 Å². The molecule has 2 aromatic heterocycles. The van der Waals surface area contributed by atoms with Crippen LogP contribution in [0, 0.1) is 11.8 Å². The molecule has 3 aromatic rings. The van der Waals surface area contributed by atoms with E-state index in [1.807, 2.05) is 48.4 Å². The number of rotatable bonds is 11. The lowest BCUT2D eigenvalue weighted by Gasteiger charge is -2.37. The second kappa shape index (κ2) is 11.6. The van der Waals surface area contributed by atoms with Gasteiger partial charge in [0, 0.05) is 37.1 Å². The van der Waals surface area contributed by atoms with E-state index in [9.17, 15) is 15.0 Å². The van der Waals surface area contributed by atoms with Crippen molar-refractivity contribution in [3.05, 3.63) is 54.2 Å². The van der Waals surface area contributed by atoms with Crippen LogP contribution >= 0.6 is 0 Å². The normalized spacial score (nSPS) is 19.6. The van der Waals surface area contributed by atoms with Gasteiger partial charge in [-0.25, -0.2) is 4.98 Å². The number of carbonyl (C=O) groups is 1. The van der Waals surface area contributed by atoms with E-state index in [1.165, 1.54) is 5.69 Å². The number of benzene rings is 1. The number of hydrogen-bond acceptors (Lipinski definition) is 6. The molecule has 0 amide bonds. The van der Waals surface area contributed by atoms with Crippen molar-refractivity contribution in [3.8, 4) is 5.75 Å². The molecule has 3 atom stereocenters. The van der Waals surface area contributed by atoms with Gasteiger partial charge in [-0.1, -0.05) is 0 Å². The third-order valence-electron chi connectivity index (χ3n) is 7.38. The molecule has 1 saturated heterocycles. The van der Waals surface area contributed by atoms with Crippen LogP contribution in [0.5, 0.6) is 5.75 Å². The summed E-state index contributed by atoms with van der Waals surface area (Å²) in [6.45, 7) is 2.41. The number of carboxylic acid groups (broad SMARTS) is 1. The number of aryl methyl sites for hydroxylation is 2. The number of pyridine rings is 1. The molecule has 1 aliphatic rings. The highest BCUT2D eigenvalue weighted by Crippen LogP contribution is 2.33. The average molecular weight is 481 g/mol. The largest absolute Gasteiger partial charge is 0.497 e. The summed E-state index contributed by atoms with van der Waals surface area (Å²) in [6.07, 6.45) is 9.91. The van der Waals surface area contributed by atoms with Gasteiger partial charge in [-0.05, 0) is 87.4 Å². The highest BCUT2D eigenvalue weighted by atomic mass is 16.5. The second-order valence-corrected chi connectivity index (χ2v) is 9.62. The fourth-order valence-electron chi connectivity index (χ4n) is 5.26. The molecule has 1 aliphatic heterocycles. The number of ether oxygens (including phenoxy) is 1. The Bertz CT molecular complexity index is 1130. The summed E-state index contributed by atoms with van der Waals surface area (Å²) in [5.74, 6) is -0.349. The number of aromatic nitrogens is 3. The summed E-state index contributed by atoms with van der Waals surface area (Å²) in [6, 6.07) is 7.48. The molecule has 0 unspecified atom stereocenters. The molecule has 0 radical (unpaired) electrons. The third kappa shape index (κ3) is 6.18. The van der Waals surface area contributed by atoms with Crippen LogP contribution in [-0.4, -0.2) is 62.4 Å². The van der Waals surface area contributed by atoms with Gasteiger partial charge in [-0.3, -0.25) is 9.78 Å². The Morgan fingerprint density at radius 1 is 1.29 bits per heavy atom. The van der Waals surface area contributed by atoms with Gasteiger partial charge in [0.15, 0.2) is 0 Å². The molecule has 1 aromatic carbocycles. The van der Waals surface area contributed by atoms with Gasteiger partial charge in [0.1, 0.15) is 5.75 Å². The number of piperidine rings is 1. The number of aliphatic carboxylic acids is 1. The number of nitrogens with zero attached hydrogens (tertiary/aromatic N) is 4. The number of aliphatic hydroxyl groups is 1. The van der Waals surface area contributed by atoms with Crippen molar-refractivity contribution in [1.29, 1.82) is 0 Å². The first-order valence-electron chi connectivity index (χ1n) is 12.5. The maximum atomic E-state index is 12.1. The maximum Gasteiger partial charge on any atom is 0.308 e. The quantitative estimate of drug-likeness (QED) is 0.402. The van der Waals surface area contributed by atoms with Crippen molar-refractivity contribution in [3.63, 3.8) is 0 Å². The lowest BCUT2D eigenvalue weighted by molar-refractivity contribution is -0.146. The van der Waals surface area contributed by atoms with E-state index < -0.39 is 18.0 Å². The first-order valence-corrected chi connectivity index (χ1v) is 12.5. The highest BCUT2D eigenvalue weighted by Gasteiger charge is 2.34. The van der Waals surface area contributed by atoms with Crippen molar-refractivity contribution in [2.75, 3.05) is 26.7 Å². The Morgan fingerprint density at radius 2 is 2.14 bits per heavy atom. The summed E-state index contributed by atoms with van der Waals surface area (Å²) >= 11 is 0. The highest BCUT2D eigenvalue weighted by molar-refractivity contribution is 5.83. The Morgan fingerprint density at radius 3 is 2.89 bits per heavy atom. The van der Waals surface area contributed by atoms with Crippen LogP contribution < -0.4 is 4.74 Å². The number of hydrogen-bond donors (Lipinski definition) is 2. The zero-order valence-corrected chi connectivity index (χ0v) is 20.6. The molecule has 0 aliphatic carbocycles. The van der Waals surface area contributed by atoms with Crippen LogP contribution in [0.1, 0.15) is 49.5 Å². The minimum Gasteiger partial charge on any atom is -0.497 e. The number of carboxylic acids is 1. The van der Waals surface area contributed by atoms with E-state index in [1.54, 1.807) is 13.3 Å². The molecule has 35 heavy (non-hydrogen) atoms. The predicted octanol–water partition coefficient (Wildman–Crippen LogP) is 3.84. The molecule has 4 rings (SSSR count). The standard InChI is InChI=1S/C27H36N4O4/c1-30-18-28-16-20(30)5-3-4-13-31-14-11-19(24(17-31)27(33)34)6-9-26(32)22-10-12-29-25-8-7-21(35-2)15-23(22)25/h7-8,10,12,15-16,18-19,24,26,32H,3-6,9,11,13-14,17H2,1-2H3,(H,33,34)/t19-,24+,26-/m1/s1. The maximum absolute atomic E-state index is 12.1. The fourth-order valence-corrected chi connectivity index (χ4v) is 5.26. The van der Waals surface area contributed by atoms with Gasteiger partial charge in [0.2, 0.25) is 0 Å². The van der Waals surface area contributed by atoms with Crippen LogP contribution in [-0.2, 0) is 18.3 Å². The van der Waals surface area contributed by atoms with Gasteiger partial charge in [0.25, 0.3) is 0 Å². The molecule has 2 N–H and O–H groups in total. The number of fused-ring (bicyclic) bond motifs is 1. The Hall–Kier alpha value is -2.97. The Kier molecular flexibility index (Phi) is 8.36. The smallest absolute Gasteiger partial charge is 0.308 e. The summed E-state index contributed by atoms with van der Waals surface area (Å²) in [7, 11) is 3.63. The zero-order chi connectivity index (χ0) is 24.8. The van der Waals surface area contributed by atoms with Crippen molar-refractivity contribution >= 4 is 16.9 Å². The summed E-state index contributed by atoms with van der Waals surface area (Å²) in [5.41, 5.74) is 2.85. The minimum atomic E-state index is -0.733. The molecule has 1 fully saturated rings. The van der Waals surface area contributed by atoms with E-state index in [2.05, 4.69) is 14.9 Å². The van der Waals surface area contributed by atoms with E-state index >= 15 is 0 Å². The first kappa shape index (κ1) is 25.1. The SMILES string of the molecule is COc1ccc2nccc([C@H](O)CC[C@@H]3CCN(CCCCc4cncn4C)C[C@@H]3C(=O)O)c2c1. The number of methoxy groups -OCH3 is 1. The van der Waals surface area contributed by atoms with Crippen molar-refractivity contribution in [2.45, 2.75) is 44.6 Å². The topological polar surface area (TPSA) is 101 Å². The van der Waals surface area contributed by atoms with Gasteiger partial charge in [0.05, 0.1) is 31.0 Å². The van der Waals surface area contributed by atoms with Crippen LogP contribution in [0.3, 0.4) is 0 Å². The van der Waals surface area contributed by atoms with E-state index in [0.717, 1.165) is 61.0 Å². The van der Waals surface area contributed by atoms with Gasteiger partial charge in [-0.2, -0.15) is 0 Å². The fraction of sp³-hybridized carbons (Fsp3) is 0.519. The van der Waals surface area contributed by atoms with Gasteiger partial charge >= 0.3 is 5.97 Å². The first-order chi connectivity index (χ1) is 17.0. The molecule has 8 heteroatoms. The molecule has 8 nitrogen and oxygen atoms in total. The van der Waals surface area contributed by atoms with E-state index in [0.29, 0.717) is 19.4 Å². The third-order valence-corrected chi connectivity index (χ3v) is 7.38. The Balaban J connectivity index is 1.30. The van der Waals surface area contributed by atoms with Gasteiger partial charge < -0.3 is 24.4 Å². The van der Waals surface area contributed by atoms with E-state index in [4.69, 9.17) is 4.74 Å². The molecular weight excluding hydrogens is 444 g/mol. The van der Waals surface area contributed by atoms with Crippen LogP contribution in [0.25, 0.3) is 10.9 Å². The lowest BCUT2D eigenvalue weighted by atomic mass is 9.81. The van der Waals surface area contributed by atoms with Crippen LogP contribution in [0.15, 0.2) is 43.0 Å². The number of likely N-dealkylation sites (tertiary alicyclic amines) is 1. The van der Waals surface area contributed by atoms with Crippen molar-refractivity contribution in [1.82, 2.24) is 19.4 Å². The average Bonchev–Trinajstić information content (AvgIpc) is 3.29. The molecule has 0 saturated carbocycles. The molecule has 0 spiro atoms. The summed E-state index contributed by atoms with van der Waals surface area (Å²) < 4.78 is 7.39. The predicted molar refractivity (Wildman–Crippen MR) is 134 cm³/mol. The van der Waals surface area contributed by atoms with Crippen LogP contribution in [0.2, 0.25) is 0 Å². The number of aliphatic hydroxyl groups excluding tert-OH is 1. The minimum absolute atomic E-state index is 0.0653. The monoisotopic (exact) mass is 480 g/mol. The van der Waals surface area contributed by atoms with Gasteiger partial charge in [-0.15, -0.1) is 0 Å². The molecule has 0 bridgehead atoms. The van der Waals surface area contributed by atoms with Crippen molar-refractivity contribution < 1.29 is 19.7 Å². The van der Waals surface area contributed by atoms with E-state index in [-0.39, 0.29) is 5.92 Å². The summed E-state index contributed by atoms with van der Waals surface area (Å²) in [5, 5.41) is 21.8. The molecule has 3 heterocycles. The second-order valence-electron chi connectivity index (χ2n) is 9.62.